The van der Waals surface area contributed by atoms with Gasteiger partial charge in [-0.3, -0.25) is 0 Å². The van der Waals surface area contributed by atoms with Crippen LogP contribution in [-0.4, -0.2) is 43.4 Å². The molecule has 1 atom stereocenters. The van der Waals surface area contributed by atoms with E-state index in [-0.39, 0.29) is 71.6 Å². The van der Waals surface area contributed by atoms with E-state index in [0.29, 0.717) is 0 Å². The molecule has 1 amide bonds. The van der Waals surface area contributed by atoms with Crippen molar-refractivity contribution in [3.63, 3.8) is 0 Å². The summed E-state index contributed by atoms with van der Waals surface area (Å²) < 4.78 is 37.3. The van der Waals surface area contributed by atoms with Crippen molar-refractivity contribution in [1.29, 1.82) is 0 Å². The molecule has 0 spiro atoms. The Morgan fingerprint density at radius 2 is 1.48 bits per heavy atom. The van der Waals surface area contributed by atoms with Crippen LogP contribution in [-0.2, 0) is 19.6 Å². The first-order chi connectivity index (χ1) is 12.8. The van der Waals surface area contributed by atoms with Gasteiger partial charge in [-0.15, -0.1) is 0 Å². The van der Waals surface area contributed by atoms with Crippen LogP contribution in [0.5, 0.6) is 0 Å². The summed E-state index contributed by atoms with van der Waals surface area (Å²) in [5.74, 6) is -3.45. The summed E-state index contributed by atoms with van der Waals surface area (Å²) in [6.07, 6.45) is -1.14. The van der Waals surface area contributed by atoms with Gasteiger partial charge in [-0.25, -0.2) is 13.2 Å². The van der Waals surface area contributed by atoms with Gasteiger partial charge in [-0.1, -0.05) is 48.5 Å². The van der Waals surface area contributed by atoms with Crippen molar-refractivity contribution in [3.05, 3.63) is 59.7 Å². The molecule has 0 saturated heterocycles. The van der Waals surface area contributed by atoms with Gasteiger partial charge in [0.05, 0.1) is 27.9 Å². The molecule has 0 radical (unpaired) electrons. The molecule has 2 aromatic rings. The van der Waals surface area contributed by atoms with E-state index in [1.165, 1.54) is 0 Å². The molecule has 11 heteroatoms. The van der Waals surface area contributed by atoms with Crippen molar-refractivity contribution in [2.24, 2.45) is 0 Å². The maximum atomic E-state index is 11.9. The van der Waals surface area contributed by atoms with E-state index in [2.05, 4.69) is 0 Å². The van der Waals surface area contributed by atoms with Gasteiger partial charge in [-0.05, 0) is 22.3 Å². The Kier molecular flexibility index (Phi) is 9.84. The predicted octanol–water partition coefficient (Wildman–Crippen LogP) is -5.80. The average molecular weight is 435 g/mol. The Labute approximate surface area is 212 Å². The fraction of sp³-hybridized carbons (Fsp3) is 0.222. The van der Waals surface area contributed by atoms with Gasteiger partial charge in [0.1, 0.15) is 6.61 Å². The van der Waals surface area contributed by atoms with Gasteiger partial charge in [0.25, 0.3) is 0 Å². The fourth-order valence-corrected chi connectivity index (χ4v) is 3.78. The van der Waals surface area contributed by atoms with E-state index in [4.69, 9.17) is 4.74 Å². The second kappa shape index (κ2) is 10.9. The van der Waals surface area contributed by atoms with Crippen LogP contribution in [0, 0.1) is 0 Å². The number of carbonyl (C=O) groups excluding carboxylic acids is 2. The van der Waals surface area contributed by atoms with Gasteiger partial charge in [0.15, 0.2) is 0 Å². The minimum absolute atomic E-state index is 0. The number of alkyl carbamates (subject to hydrolysis) is 1. The Bertz CT molecular complexity index is 952. The number of fused-ring (bicyclic) bond motifs is 3. The molecule has 0 aliphatic heterocycles. The number of carboxylic acids is 1. The number of nitrogens with one attached hydrogen (secondary N) is 1. The molecular weight excluding hydrogens is 420 g/mol. The molecule has 1 aliphatic rings. The van der Waals surface area contributed by atoms with Crippen LogP contribution in [0.3, 0.4) is 0 Å². The third-order valence-corrected chi connectivity index (χ3v) is 5.03. The summed E-state index contributed by atoms with van der Waals surface area (Å²) >= 11 is 0. The molecule has 0 heterocycles. The molecule has 1 aliphatic carbocycles. The minimum atomic E-state index is -4.87. The second-order valence-electron chi connectivity index (χ2n) is 6.07. The molecule has 0 unspecified atom stereocenters. The molecular formula is C18H15NNa2O7S. The van der Waals surface area contributed by atoms with Crippen molar-refractivity contribution < 1.29 is 91.5 Å². The first-order valence-corrected chi connectivity index (χ1v) is 9.60. The molecule has 3 rings (SSSR count). The summed E-state index contributed by atoms with van der Waals surface area (Å²) in [7, 11) is -4.87. The topological polar surface area (TPSA) is 136 Å². The average Bonchev–Trinajstić information content (AvgIpc) is 2.92. The van der Waals surface area contributed by atoms with Crippen molar-refractivity contribution in [3.8, 4) is 11.1 Å². The van der Waals surface area contributed by atoms with Crippen LogP contribution >= 0.6 is 0 Å². The third kappa shape index (κ3) is 6.53. The SMILES string of the molecule is O=C(N[C@H](CS(=O)(=O)[O-])C(=O)[O-])OCC1c2ccccc2-c2ccccc21.[Na+].[Na+]. The van der Waals surface area contributed by atoms with Crippen LogP contribution in [0.2, 0.25) is 0 Å². The summed E-state index contributed by atoms with van der Waals surface area (Å²) in [5.41, 5.74) is 3.97. The van der Waals surface area contributed by atoms with Crippen molar-refractivity contribution in [2.75, 3.05) is 12.4 Å². The normalized spacial score (nSPS) is 13.1. The number of aliphatic carboxylic acids is 1. The number of hydrogen-bond donors (Lipinski definition) is 1. The standard InChI is InChI=1S/C18H17NO7S.2Na/c20-17(21)16(10-27(23,24)25)19-18(22)26-9-15-13-7-3-1-5-11(13)12-6-2-4-8-14(12)15;;/h1-8,15-16H,9-10H2,(H,19,22)(H,20,21)(H,23,24,25);;/q;2*+1/p-2/t16-;;/m1../s1. The van der Waals surface area contributed by atoms with Crippen LogP contribution in [0.25, 0.3) is 11.1 Å². The number of amides is 1. The van der Waals surface area contributed by atoms with Gasteiger partial charge < -0.3 is 24.5 Å². The number of carbonyl (C=O) groups is 2. The van der Waals surface area contributed by atoms with Gasteiger partial charge in [-0.2, -0.15) is 0 Å². The van der Waals surface area contributed by atoms with E-state index in [1.807, 2.05) is 53.8 Å². The molecule has 142 valence electrons. The summed E-state index contributed by atoms with van der Waals surface area (Å²) in [5, 5.41) is 12.8. The van der Waals surface area contributed by atoms with E-state index < -0.39 is 34.0 Å². The zero-order valence-electron chi connectivity index (χ0n) is 16.0. The number of rotatable bonds is 6. The van der Waals surface area contributed by atoms with E-state index in [9.17, 15) is 27.7 Å². The fourth-order valence-electron chi connectivity index (χ4n) is 3.16. The molecule has 0 saturated carbocycles. The van der Waals surface area contributed by atoms with E-state index >= 15 is 0 Å². The summed E-state index contributed by atoms with van der Waals surface area (Å²) in [6, 6.07) is 13.3. The zero-order chi connectivity index (χ0) is 19.6. The maximum absolute atomic E-state index is 11.9. The Morgan fingerprint density at radius 1 is 1.00 bits per heavy atom. The van der Waals surface area contributed by atoms with Crippen LogP contribution in [0.1, 0.15) is 17.0 Å². The quantitative estimate of drug-likeness (QED) is 0.353. The largest absolute Gasteiger partial charge is 1.00 e. The van der Waals surface area contributed by atoms with Crippen molar-refractivity contribution in [1.82, 2.24) is 5.32 Å². The van der Waals surface area contributed by atoms with Crippen molar-refractivity contribution >= 4 is 22.2 Å². The Morgan fingerprint density at radius 3 is 1.93 bits per heavy atom. The maximum Gasteiger partial charge on any atom is 1.00 e. The number of hydrogen-bond acceptors (Lipinski definition) is 7. The monoisotopic (exact) mass is 435 g/mol. The number of benzene rings is 2. The van der Waals surface area contributed by atoms with Gasteiger partial charge in [0.2, 0.25) is 0 Å². The van der Waals surface area contributed by atoms with Crippen LogP contribution in [0.4, 0.5) is 4.79 Å². The van der Waals surface area contributed by atoms with Crippen molar-refractivity contribution in [2.45, 2.75) is 12.0 Å². The Balaban J connectivity index is 0.00000210. The second-order valence-corrected chi connectivity index (χ2v) is 7.51. The summed E-state index contributed by atoms with van der Waals surface area (Å²) in [4.78, 5) is 22.8. The molecule has 29 heavy (non-hydrogen) atoms. The Hall–Kier alpha value is -0.910. The molecule has 2 aromatic carbocycles. The third-order valence-electron chi connectivity index (χ3n) is 4.29. The first-order valence-electron chi connectivity index (χ1n) is 8.02. The molecule has 0 bridgehead atoms. The van der Waals surface area contributed by atoms with E-state index in [0.717, 1.165) is 22.3 Å². The predicted molar refractivity (Wildman–Crippen MR) is 91.6 cm³/mol. The van der Waals surface area contributed by atoms with E-state index in [1.54, 1.807) is 0 Å². The smallest absolute Gasteiger partial charge is 0.748 e. The number of ether oxygens (including phenoxy) is 1. The number of carboxylic acid groups (broad SMARTS) is 1. The molecule has 0 fully saturated rings. The van der Waals surface area contributed by atoms with Gasteiger partial charge >= 0.3 is 65.2 Å². The van der Waals surface area contributed by atoms with Crippen LogP contribution < -0.4 is 69.5 Å². The minimum Gasteiger partial charge on any atom is -0.748 e. The van der Waals surface area contributed by atoms with Gasteiger partial charge in [0, 0.05) is 5.92 Å². The summed E-state index contributed by atoms with van der Waals surface area (Å²) in [6.45, 7) is -0.0796. The molecule has 8 nitrogen and oxygen atoms in total. The molecule has 0 aromatic heterocycles. The zero-order valence-corrected chi connectivity index (χ0v) is 20.8. The first kappa shape index (κ1) is 26.1. The van der Waals surface area contributed by atoms with Crippen LogP contribution in [0.15, 0.2) is 48.5 Å². The molecule has 1 N–H and O–H groups in total.